The number of likely N-dealkylation sites (tertiary alicyclic amines) is 1. The van der Waals surface area contributed by atoms with Crippen LogP contribution in [0, 0.1) is 0 Å². The van der Waals surface area contributed by atoms with Crippen LogP contribution in [0.25, 0.3) is 5.65 Å². The zero-order chi connectivity index (χ0) is 11.8. The van der Waals surface area contributed by atoms with Gasteiger partial charge in [0.1, 0.15) is 0 Å². The molecule has 1 aliphatic heterocycles. The summed E-state index contributed by atoms with van der Waals surface area (Å²) in [6, 6.07) is 3.94. The molecule has 90 valence electrons. The fourth-order valence-electron chi connectivity index (χ4n) is 2.47. The number of hydrogen-bond acceptors (Lipinski definition) is 4. The number of hydrogen-bond donors (Lipinski definition) is 1. The van der Waals surface area contributed by atoms with Crippen molar-refractivity contribution in [2.75, 3.05) is 13.6 Å². The van der Waals surface area contributed by atoms with Gasteiger partial charge in [0.15, 0.2) is 17.2 Å². The van der Waals surface area contributed by atoms with Crippen LogP contribution in [0.1, 0.15) is 18.7 Å². The Morgan fingerprint density at radius 2 is 2.41 bits per heavy atom. The third kappa shape index (κ3) is 1.86. The minimum atomic E-state index is 0.186. The van der Waals surface area contributed by atoms with Gasteiger partial charge in [-0.05, 0) is 38.6 Å². The van der Waals surface area contributed by atoms with E-state index in [0.29, 0.717) is 11.7 Å². The lowest BCUT2D eigenvalue weighted by Crippen LogP contribution is -2.27. The number of aromatic hydroxyl groups is 1. The molecule has 2 aromatic heterocycles. The third-order valence-electron chi connectivity index (χ3n) is 3.48. The Balaban J connectivity index is 1.88. The monoisotopic (exact) mass is 232 g/mol. The molecule has 1 atom stereocenters. The number of nitrogens with zero attached hydrogens (tertiary/aromatic N) is 4. The lowest BCUT2D eigenvalue weighted by molar-refractivity contribution is 0.306. The number of pyridine rings is 1. The van der Waals surface area contributed by atoms with Crippen molar-refractivity contribution in [2.24, 2.45) is 0 Å². The molecule has 0 amide bonds. The fourth-order valence-corrected chi connectivity index (χ4v) is 2.47. The van der Waals surface area contributed by atoms with Crippen LogP contribution in [-0.4, -0.2) is 44.2 Å². The Kier molecular flexibility index (Phi) is 2.48. The number of rotatable bonds is 2. The molecule has 1 aliphatic rings. The van der Waals surface area contributed by atoms with E-state index in [1.165, 1.54) is 12.8 Å². The zero-order valence-corrected chi connectivity index (χ0v) is 9.87. The second-order valence-corrected chi connectivity index (χ2v) is 4.67. The predicted octanol–water partition coefficient (Wildman–Crippen LogP) is 1.07. The van der Waals surface area contributed by atoms with Gasteiger partial charge in [-0.3, -0.25) is 0 Å². The van der Waals surface area contributed by atoms with Gasteiger partial charge < -0.3 is 10.0 Å². The molecule has 1 N–H and O–H groups in total. The molecule has 1 unspecified atom stereocenters. The molecule has 0 aliphatic carbocycles. The van der Waals surface area contributed by atoms with Crippen molar-refractivity contribution in [3.63, 3.8) is 0 Å². The van der Waals surface area contributed by atoms with E-state index in [4.69, 9.17) is 0 Å². The minimum Gasteiger partial charge on any atom is -0.504 e. The molecule has 5 nitrogen and oxygen atoms in total. The molecule has 1 fully saturated rings. The standard InChI is InChI=1S/C12H16N4O/c1-15-6-2-4-9(15)8-11-13-12-10(17)5-3-7-16(12)14-11/h3,5,7,9,17H,2,4,6,8H2,1H3. The van der Waals surface area contributed by atoms with Gasteiger partial charge in [-0.1, -0.05) is 0 Å². The van der Waals surface area contributed by atoms with E-state index >= 15 is 0 Å². The Morgan fingerprint density at radius 3 is 3.12 bits per heavy atom. The van der Waals surface area contributed by atoms with E-state index in [0.717, 1.165) is 18.8 Å². The van der Waals surface area contributed by atoms with Crippen LogP contribution in [-0.2, 0) is 6.42 Å². The van der Waals surface area contributed by atoms with Gasteiger partial charge in [0.2, 0.25) is 0 Å². The Labute approximate surface area is 99.7 Å². The lowest BCUT2D eigenvalue weighted by atomic mass is 10.1. The molecule has 3 rings (SSSR count). The molecule has 1 saturated heterocycles. The molecule has 17 heavy (non-hydrogen) atoms. The van der Waals surface area contributed by atoms with E-state index < -0.39 is 0 Å². The predicted molar refractivity (Wildman–Crippen MR) is 64.0 cm³/mol. The van der Waals surface area contributed by atoms with Crippen molar-refractivity contribution in [1.82, 2.24) is 19.5 Å². The first-order chi connectivity index (χ1) is 8.24. The van der Waals surface area contributed by atoms with E-state index in [9.17, 15) is 5.11 Å². The van der Waals surface area contributed by atoms with Crippen LogP contribution in [0.15, 0.2) is 18.3 Å². The summed E-state index contributed by atoms with van der Waals surface area (Å²) in [4.78, 5) is 6.74. The summed E-state index contributed by atoms with van der Waals surface area (Å²) in [6.45, 7) is 1.16. The van der Waals surface area contributed by atoms with E-state index in [2.05, 4.69) is 22.0 Å². The first kappa shape index (κ1) is 10.5. The Hall–Kier alpha value is -1.62. The average molecular weight is 232 g/mol. The van der Waals surface area contributed by atoms with Gasteiger partial charge in [0, 0.05) is 18.7 Å². The zero-order valence-electron chi connectivity index (χ0n) is 9.87. The maximum Gasteiger partial charge on any atom is 0.197 e. The van der Waals surface area contributed by atoms with E-state index in [-0.39, 0.29) is 5.75 Å². The number of aromatic nitrogens is 3. The summed E-state index contributed by atoms with van der Waals surface area (Å²) in [7, 11) is 2.14. The van der Waals surface area contributed by atoms with Gasteiger partial charge in [-0.2, -0.15) is 5.10 Å². The largest absolute Gasteiger partial charge is 0.504 e. The maximum absolute atomic E-state index is 9.66. The van der Waals surface area contributed by atoms with Gasteiger partial charge in [0.25, 0.3) is 0 Å². The van der Waals surface area contributed by atoms with Crippen molar-refractivity contribution >= 4 is 5.65 Å². The summed E-state index contributed by atoms with van der Waals surface area (Å²) in [5.74, 6) is 0.997. The molecule has 2 aromatic rings. The van der Waals surface area contributed by atoms with Crippen LogP contribution >= 0.6 is 0 Å². The van der Waals surface area contributed by atoms with Gasteiger partial charge >= 0.3 is 0 Å². The highest BCUT2D eigenvalue weighted by Gasteiger charge is 2.22. The quantitative estimate of drug-likeness (QED) is 0.841. The molecule has 3 heterocycles. The Morgan fingerprint density at radius 1 is 1.53 bits per heavy atom. The number of fused-ring (bicyclic) bond motifs is 1. The van der Waals surface area contributed by atoms with Crippen molar-refractivity contribution in [3.05, 3.63) is 24.2 Å². The van der Waals surface area contributed by atoms with E-state index in [1.54, 1.807) is 16.6 Å². The molecule has 0 saturated carbocycles. The van der Waals surface area contributed by atoms with E-state index in [1.807, 2.05) is 6.20 Å². The van der Waals surface area contributed by atoms with Crippen LogP contribution in [0.3, 0.4) is 0 Å². The normalized spacial score (nSPS) is 21.4. The van der Waals surface area contributed by atoms with Crippen LogP contribution in [0.5, 0.6) is 5.75 Å². The summed E-state index contributed by atoms with van der Waals surface area (Å²) < 4.78 is 1.64. The van der Waals surface area contributed by atoms with Crippen LogP contribution in [0.2, 0.25) is 0 Å². The molecule has 5 heteroatoms. The highest BCUT2D eigenvalue weighted by atomic mass is 16.3. The molecular weight excluding hydrogens is 216 g/mol. The highest BCUT2D eigenvalue weighted by molar-refractivity contribution is 5.51. The highest BCUT2D eigenvalue weighted by Crippen LogP contribution is 2.20. The van der Waals surface area contributed by atoms with Gasteiger partial charge in [0.05, 0.1) is 0 Å². The van der Waals surface area contributed by atoms with Crippen LogP contribution < -0.4 is 0 Å². The summed E-state index contributed by atoms with van der Waals surface area (Å²) >= 11 is 0. The smallest absolute Gasteiger partial charge is 0.197 e. The second-order valence-electron chi connectivity index (χ2n) is 4.67. The van der Waals surface area contributed by atoms with Crippen molar-refractivity contribution in [2.45, 2.75) is 25.3 Å². The molecular formula is C12H16N4O. The summed E-state index contributed by atoms with van der Waals surface area (Å²) in [5.41, 5.74) is 0.545. The summed E-state index contributed by atoms with van der Waals surface area (Å²) in [5, 5.41) is 14.1. The SMILES string of the molecule is CN1CCCC1Cc1nc2c(O)cccn2n1. The number of likely N-dealkylation sites (N-methyl/N-ethyl adjacent to an activating group) is 1. The van der Waals surface area contributed by atoms with Crippen LogP contribution in [0.4, 0.5) is 0 Å². The maximum atomic E-state index is 9.66. The lowest BCUT2D eigenvalue weighted by Gasteiger charge is -2.17. The van der Waals surface area contributed by atoms with Crippen molar-refractivity contribution in [1.29, 1.82) is 0 Å². The molecule has 0 radical (unpaired) electrons. The molecule has 0 bridgehead atoms. The molecule has 0 aromatic carbocycles. The van der Waals surface area contributed by atoms with Gasteiger partial charge in [-0.25, -0.2) is 9.50 Å². The average Bonchev–Trinajstić information content (AvgIpc) is 2.87. The topological polar surface area (TPSA) is 53.7 Å². The summed E-state index contributed by atoms with van der Waals surface area (Å²) in [6.07, 6.45) is 5.12. The van der Waals surface area contributed by atoms with Crippen molar-refractivity contribution in [3.8, 4) is 5.75 Å². The van der Waals surface area contributed by atoms with Gasteiger partial charge in [-0.15, -0.1) is 0 Å². The molecule has 0 spiro atoms. The first-order valence-corrected chi connectivity index (χ1v) is 5.97. The third-order valence-corrected chi connectivity index (χ3v) is 3.48. The second kappa shape index (κ2) is 4.00. The first-order valence-electron chi connectivity index (χ1n) is 5.97. The minimum absolute atomic E-state index is 0.186. The fraction of sp³-hybridized carbons (Fsp3) is 0.500. The Bertz CT molecular complexity index is 536. The van der Waals surface area contributed by atoms with Crippen molar-refractivity contribution < 1.29 is 5.11 Å².